The molecule has 17 heavy (non-hydrogen) atoms. The zero-order valence-electron chi connectivity index (χ0n) is 10.2. The van der Waals surface area contributed by atoms with Crippen LogP contribution in [0.15, 0.2) is 6.07 Å². The molecule has 2 rings (SSSR count). The summed E-state index contributed by atoms with van der Waals surface area (Å²) in [6.07, 6.45) is 0. The first-order chi connectivity index (χ1) is 7.92. The standard InChI is InChI=1S/C11H17FN4O/c1-7(2)16-9(4-8(3)15-16)14-10(17)11(12)5-13-6-11/h4,7,13H,5-6H2,1-3H3,(H,14,17). The Bertz CT molecular complexity index is 437. The second-order valence-electron chi connectivity index (χ2n) is 4.73. The maximum Gasteiger partial charge on any atom is 0.265 e. The Morgan fingerprint density at radius 2 is 2.29 bits per heavy atom. The second kappa shape index (κ2) is 4.10. The molecule has 94 valence electrons. The number of hydrogen-bond donors (Lipinski definition) is 2. The van der Waals surface area contributed by atoms with Gasteiger partial charge < -0.3 is 10.6 Å². The highest BCUT2D eigenvalue weighted by atomic mass is 19.1. The van der Waals surface area contributed by atoms with Crippen LogP contribution in [0.4, 0.5) is 10.2 Å². The second-order valence-corrected chi connectivity index (χ2v) is 4.73. The van der Waals surface area contributed by atoms with E-state index in [1.807, 2.05) is 20.8 Å². The Morgan fingerprint density at radius 3 is 2.76 bits per heavy atom. The van der Waals surface area contributed by atoms with Crippen LogP contribution in [0.25, 0.3) is 0 Å². The highest BCUT2D eigenvalue weighted by Crippen LogP contribution is 2.21. The molecule has 0 atom stereocenters. The molecular formula is C11H17FN4O. The van der Waals surface area contributed by atoms with E-state index < -0.39 is 11.6 Å². The van der Waals surface area contributed by atoms with Crippen LogP contribution in [0.2, 0.25) is 0 Å². The fourth-order valence-corrected chi connectivity index (χ4v) is 1.74. The van der Waals surface area contributed by atoms with Gasteiger partial charge >= 0.3 is 0 Å². The lowest BCUT2D eigenvalue weighted by Gasteiger charge is -2.33. The van der Waals surface area contributed by atoms with E-state index in [2.05, 4.69) is 15.7 Å². The summed E-state index contributed by atoms with van der Waals surface area (Å²) in [6, 6.07) is 1.86. The number of hydrogen-bond acceptors (Lipinski definition) is 3. The number of nitrogens with zero attached hydrogens (tertiary/aromatic N) is 2. The van der Waals surface area contributed by atoms with E-state index in [0.717, 1.165) is 5.69 Å². The molecule has 0 spiro atoms. The van der Waals surface area contributed by atoms with Gasteiger partial charge in [0, 0.05) is 25.2 Å². The number of nitrogens with one attached hydrogen (secondary N) is 2. The van der Waals surface area contributed by atoms with Gasteiger partial charge in [-0.1, -0.05) is 0 Å². The molecule has 1 saturated heterocycles. The van der Waals surface area contributed by atoms with Gasteiger partial charge in [0.05, 0.1) is 5.69 Å². The minimum absolute atomic E-state index is 0.0770. The molecule has 0 bridgehead atoms. The average molecular weight is 240 g/mol. The number of halogens is 1. The van der Waals surface area contributed by atoms with Gasteiger partial charge in [0.15, 0.2) is 0 Å². The van der Waals surface area contributed by atoms with Crippen LogP contribution in [0.1, 0.15) is 25.6 Å². The summed E-state index contributed by atoms with van der Waals surface area (Å²) < 4.78 is 15.5. The largest absolute Gasteiger partial charge is 0.309 e. The number of carbonyl (C=O) groups excluding carboxylic acids is 1. The van der Waals surface area contributed by atoms with Crippen LogP contribution in [0.5, 0.6) is 0 Å². The number of carbonyl (C=O) groups is 1. The maximum atomic E-state index is 13.8. The summed E-state index contributed by atoms with van der Waals surface area (Å²) in [5, 5.41) is 9.61. The number of aromatic nitrogens is 2. The first kappa shape index (κ1) is 12.0. The number of aryl methyl sites for hydroxylation is 1. The van der Waals surface area contributed by atoms with E-state index in [1.165, 1.54) is 0 Å². The van der Waals surface area contributed by atoms with Crippen molar-refractivity contribution in [1.29, 1.82) is 0 Å². The van der Waals surface area contributed by atoms with Crippen molar-refractivity contribution in [2.24, 2.45) is 0 Å². The van der Waals surface area contributed by atoms with Crippen molar-refractivity contribution in [2.75, 3.05) is 18.4 Å². The Balaban J connectivity index is 2.15. The molecule has 5 nitrogen and oxygen atoms in total. The number of anilines is 1. The summed E-state index contributed by atoms with van der Waals surface area (Å²) in [5.74, 6) is -0.0514. The topological polar surface area (TPSA) is 59.0 Å². The zero-order valence-corrected chi connectivity index (χ0v) is 10.2. The van der Waals surface area contributed by atoms with Crippen molar-refractivity contribution in [2.45, 2.75) is 32.5 Å². The van der Waals surface area contributed by atoms with Crippen LogP contribution in [-0.2, 0) is 4.79 Å². The molecule has 1 fully saturated rings. The molecule has 2 N–H and O–H groups in total. The first-order valence-corrected chi connectivity index (χ1v) is 5.69. The lowest BCUT2D eigenvalue weighted by atomic mass is 9.99. The molecular weight excluding hydrogens is 223 g/mol. The average Bonchev–Trinajstić information content (AvgIpc) is 2.56. The predicted molar refractivity (Wildman–Crippen MR) is 62.7 cm³/mol. The fraction of sp³-hybridized carbons (Fsp3) is 0.636. The van der Waals surface area contributed by atoms with Crippen LogP contribution >= 0.6 is 0 Å². The van der Waals surface area contributed by atoms with Gasteiger partial charge in [0.25, 0.3) is 5.91 Å². The monoisotopic (exact) mass is 240 g/mol. The normalized spacial score (nSPS) is 17.9. The maximum absolute atomic E-state index is 13.8. The van der Waals surface area contributed by atoms with E-state index >= 15 is 0 Å². The summed E-state index contributed by atoms with van der Waals surface area (Å²) >= 11 is 0. The van der Waals surface area contributed by atoms with Gasteiger partial charge in [-0.2, -0.15) is 5.10 Å². The summed E-state index contributed by atoms with van der Waals surface area (Å²) in [5.41, 5.74) is -0.978. The third-order valence-electron chi connectivity index (χ3n) is 2.81. The quantitative estimate of drug-likeness (QED) is 0.829. The van der Waals surface area contributed by atoms with E-state index in [9.17, 15) is 9.18 Å². The minimum atomic E-state index is -1.78. The van der Waals surface area contributed by atoms with E-state index in [0.29, 0.717) is 5.82 Å². The van der Waals surface area contributed by atoms with Gasteiger partial charge in [0.2, 0.25) is 5.67 Å². The Hall–Kier alpha value is -1.43. The van der Waals surface area contributed by atoms with Crippen molar-refractivity contribution < 1.29 is 9.18 Å². The highest BCUT2D eigenvalue weighted by Gasteiger charge is 2.45. The summed E-state index contributed by atoms with van der Waals surface area (Å²) in [4.78, 5) is 11.7. The van der Waals surface area contributed by atoms with Gasteiger partial charge in [-0.15, -0.1) is 0 Å². The van der Waals surface area contributed by atoms with Gasteiger partial charge in [-0.25, -0.2) is 9.07 Å². The molecule has 1 aromatic rings. The molecule has 0 saturated carbocycles. The molecule has 1 aromatic heterocycles. The number of rotatable bonds is 3. The fourth-order valence-electron chi connectivity index (χ4n) is 1.74. The van der Waals surface area contributed by atoms with Gasteiger partial charge in [-0.3, -0.25) is 4.79 Å². The van der Waals surface area contributed by atoms with Crippen LogP contribution < -0.4 is 10.6 Å². The summed E-state index contributed by atoms with van der Waals surface area (Å²) in [7, 11) is 0. The predicted octanol–water partition coefficient (Wildman–Crippen LogP) is 1.02. The molecule has 0 unspecified atom stereocenters. The van der Waals surface area contributed by atoms with Crippen LogP contribution in [0, 0.1) is 6.92 Å². The lowest BCUT2D eigenvalue weighted by molar-refractivity contribution is -0.130. The Labute approximate surface area is 99.4 Å². The zero-order chi connectivity index (χ0) is 12.6. The molecule has 6 heteroatoms. The van der Waals surface area contributed by atoms with E-state index in [-0.39, 0.29) is 19.1 Å². The molecule has 0 radical (unpaired) electrons. The van der Waals surface area contributed by atoms with Crippen molar-refractivity contribution in [1.82, 2.24) is 15.1 Å². The first-order valence-electron chi connectivity index (χ1n) is 5.69. The van der Waals surface area contributed by atoms with Gasteiger partial charge in [0.1, 0.15) is 5.82 Å². The van der Waals surface area contributed by atoms with Crippen molar-refractivity contribution in [3.8, 4) is 0 Å². The van der Waals surface area contributed by atoms with Crippen molar-refractivity contribution >= 4 is 11.7 Å². The van der Waals surface area contributed by atoms with E-state index in [1.54, 1.807) is 10.7 Å². The number of alkyl halides is 1. The Kier molecular flexibility index (Phi) is 2.91. The van der Waals surface area contributed by atoms with Crippen molar-refractivity contribution in [3.05, 3.63) is 11.8 Å². The molecule has 1 aliphatic rings. The molecule has 0 aliphatic carbocycles. The number of amides is 1. The highest BCUT2D eigenvalue weighted by molar-refractivity contribution is 5.97. The van der Waals surface area contributed by atoms with Crippen LogP contribution in [-0.4, -0.2) is 34.4 Å². The minimum Gasteiger partial charge on any atom is -0.309 e. The SMILES string of the molecule is Cc1cc(NC(=O)C2(F)CNC2)n(C(C)C)n1. The molecule has 2 heterocycles. The van der Waals surface area contributed by atoms with E-state index in [4.69, 9.17) is 0 Å². The molecule has 1 aliphatic heterocycles. The smallest absolute Gasteiger partial charge is 0.265 e. The Morgan fingerprint density at radius 1 is 1.65 bits per heavy atom. The lowest BCUT2D eigenvalue weighted by Crippen LogP contribution is -2.62. The summed E-state index contributed by atoms with van der Waals surface area (Å²) in [6.45, 7) is 5.91. The third kappa shape index (κ3) is 2.17. The molecule has 1 amide bonds. The third-order valence-corrected chi connectivity index (χ3v) is 2.81. The molecule has 0 aromatic carbocycles. The van der Waals surface area contributed by atoms with Crippen molar-refractivity contribution in [3.63, 3.8) is 0 Å². The van der Waals surface area contributed by atoms with Crippen LogP contribution in [0.3, 0.4) is 0 Å². The van der Waals surface area contributed by atoms with Gasteiger partial charge in [-0.05, 0) is 20.8 Å².